The van der Waals surface area contributed by atoms with Crippen LogP contribution >= 0.6 is 0 Å². The van der Waals surface area contributed by atoms with Crippen molar-refractivity contribution in [2.45, 2.75) is 31.5 Å². The number of hydrazine groups is 1. The van der Waals surface area contributed by atoms with Gasteiger partial charge < -0.3 is 4.90 Å². The predicted octanol–water partition coefficient (Wildman–Crippen LogP) is 2.95. The van der Waals surface area contributed by atoms with E-state index in [9.17, 15) is 9.18 Å². The zero-order valence-corrected chi connectivity index (χ0v) is 13.9. The van der Waals surface area contributed by atoms with E-state index >= 15 is 0 Å². The van der Waals surface area contributed by atoms with E-state index < -0.39 is 0 Å². The van der Waals surface area contributed by atoms with Crippen LogP contribution in [0.4, 0.5) is 4.39 Å². The first-order valence-electron chi connectivity index (χ1n) is 8.14. The summed E-state index contributed by atoms with van der Waals surface area (Å²) in [6, 6.07) is 16.1. The van der Waals surface area contributed by atoms with Crippen molar-refractivity contribution in [1.82, 2.24) is 15.8 Å². The topological polar surface area (TPSA) is 44.4 Å². The van der Waals surface area contributed by atoms with E-state index in [1.807, 2.05) is 25.1 Å². The fourth-order valence-electron chi connectivity index (χ4n) is 3.02. The lowest BCUT2D eigenvalue weighted by molar-refractivity contribution is -0.133. The number of halogens is 1. The number of likely N-dealkylation sites (N-methyl/N-ethyl adjacent to an activating group) is 1. The Morgan fingerprint density at radius 2 is 1.79 bits per heavy atom. The summed E-state index contributed by atoms with van der Waals surface area (Å²) in [5, 5.41) is 0. The fraction of sp³-hybridized carbons (Fsp3) is 0.316. The molecule has 5 heteroatoms. The number of rotatable bonds is 4. The Kier molecular flexibility index (Phi) is 4.92. The fourth-order valence-corrected chi connectivity index (χ4v) is 3.02. The van der Waals surface area contributed by atoms with Gasteiger partial charge in [0, 0.05) is 13.1 Å². The predicted molar refractivity (Wildman–Crippen MR) is 91.4 cm³/mol. The van der Waals surface area contributed by atoms with Crippen molar-refractivity contribution < 1.29 is 9.18 Å². The number of hydrogen-bond acceptors (Lipinski definition) is 3. The number of carbonyl (C=O) groups is 1. The van der Waals surface area contributed by atoms with Crippen molar-refractivity contribution in [3.8, 4) is 0 Å². The third-order valence-electron chi connectivity index (χ3n) is 4.68. The molecule has 3 unspecified atom stereocenters. The van der Waals surface area contributed by atoms with Gasteiger partial charge in [-0.2, -0.15) is 0 Å². The number of nitrogens with zero attached hydrogens (tertiary/aromatic N) is 1. The summed E-state index contributed by atoms with van der Waals surface area (Å²) < 4.78 is 13.1. The number of amides is 1. The second-order valence-corrected chi connectivity index (χ2v) is 6.22. The van der Waals surface area contributed by atoms with E-state index in [4.69, 9.17) is 0 Å². The van der Waals surface area contributed by atoms with Crippen LogP contribution in [-0.4, -0.2) is 23.9 Å². The average Bonchev–Trinajstić information content (AvgIpc) is 3.11. The highest BCUT2D eigenvalue weighted by molar-refractivity contribution is 5.82. The van der Waals surface area contributed by atoms with Crippen molar-refractivity contribution in [3.63, 3.8) is 0 Å². The van der Waals surface area contributed by atoms with Crippen molar-refractivity contribution >= 4 is 5.91 Å². The maximum atomic E-state index is 13.1. The monoisotopic (exact) mass is 327 g/mol. The molecule has 2 aromatic rings. The van der Waals surface area contributed by atoms with Crippen LogP contribution in [0.5, 0.6) is 0 Å². The molecule has 1 aliphatic heterocycles. The quantitative estimate of drug-likeness (QED) is 0.907. The molecule has 2 aromatic carbocycles. The highest BCUT2D eigenvalue weighted by Gasteiger charge is 2.33. The van der Waals surface area contributed by atoms with Gasteiger partial charge in [0.1, 0.15) is 11.9 Å². The van der Waals surface area contributed by atoms with Gasteiger partial charge >= 0.3 is 0 Å². The Labute approximate surface area is 141 Å². The maximum Gasteiger partial charge on any atom is 0.241 e. The second kappa shape index (κ2) is 7.11. The highest BCUT2D eigenvalue weighted by atomic mass is 19.1. The van der Waals surface area contributed by atoms with Crippen LogP contribution in [0.2, 0.25) is 0 Å². The zero-order chi connectivity index (χ0) is 17.1. The summed E-state index contributed by atoms with van der Waals surface area (Å²) >= 11 is 0. The Bertz CT molecular complexity index is 690. The summed E-state index contributed by atoms with van der Waals surface area (Å²) in [6.07, 6.45) is 0.698. The summed E-state index contributed by atoms with van der Waals surface area (Å²) in [6.45, 7) is 1.95. The molecule has 0 bridgehead atoms. The molecule has 0 saturated carbocycles. The molecule has 3 atom stereocenters. The lowest BCUT2D eigenvalue weighted by Gasteiger charge is -2.27. The van der Waals surface area contributed by atoms with Gasteiger partial charge in [-0.15, -0.1) is 0 Å². The first-order chi connectivity index (χ1) is 11.6. The van der Waals surface area contributed by atoms with Crippen LogP contribution < -0.4 is 10.9 Å². The molecule has 126 valence electrons. The maximum absolute atomic E-state index is 13.1. The summed E-state index contributed by atoms with van der Waals surface area (Å²) in [7, 11) is 1.79. The van der Waals surface area contributed by atoms with Crippen molar-refractivity contribution in [2.75, 3.05) is 7.05 Å². The third kappa shape index (κ3) is 3.47. The SMILES string of the molecule is CC(c1ccc(F)cc1)N(C)C(=O)C1CC(c2ccccc2)NN1. The lowest BCUT2D eigenvalue weighted by Crippen LogP contribution is -2.44. The molecule has 3 rings (SSSR count). The van der Waals surface area contributed by atoms with E-state index in [0.717, 1.165) is 11.1 Å². The Hall–Kier alpha value is -2.24. The minimum absolute atomic E-state index is 0.0257. The van der Waals surface area contributed by atoms with Gasteiger partial charge in [0.2, 0.25) is 5.91 Å². The minimum atomic E-state index is -0.275. The molecule has 1 amide bonds. The summed E-state index contributed by atoms with van der Waals surface area (Å²) in [5.41, 5.74) is 8.37. The zero-order valence-electron chi connectivity index (χ0n) is 13.9. The standard InChI is InChI=1S/C19H22FN3O/c1-13(14-8-10-16(20)11-9-14)23(2)19(24)18-12-17(21-22-18)15-6-4-3-5-7-15/h3-11,13,17-18,21-22H,12H2,1-2H3. The summed E-state index contributed by atoms with van der Waals surface area (Å²) in [5.74, 6) is -0.245. The number of hydrogen-bond donors (Lipinski definition) is 2. The first kappa shape index (κ1) is 16.6. The second-order valence-electron chi connectivity index (χ2n) is 6.22. The molecule has 24 heavy (non-hydrogen) atoms. The van der Waals surface area contributed by atoms with Crippen LogP contribution in [0, 0.1) is 5.82 Å². The van der Waals surface area contributed by atoms with Crippen LogP contribution in [0.25, 0.3) is 0 Å². The van der Waals surface area contributed by atoms with Crippen LogP contribution in [-0.2, 0) is 4.79 Å². The van der Waals surface area contributed by atoms with Crippen molar-refractivity contribution in [1.29, 1.82) is 0 Å². The van der Waals surface area contributed by atoms with Gasteiger partial charge in [0.25, 0.3) is 0 Å². The Morgan fingerprint density at radius 1 is 1.12 bits per heavy atom. The number of benzene rings is 2. The molecule has 0 aliphatic carbocycles. The van der Waals surface area contributed by atoms with E-state index in [0.29, 0.717) is 6.42 Å². The van der Waals surface area contributed by atoms with Crippen LogP contribution in [0.3, 0.4) is 0 Å². The normalized spacial score (nSPS) is 21.5. The summed E-state index contributed by atoms with van der Waals surface area (Å²) in [4.78, 5) is 14.5. The highest BCUT2D eigenvalue weighted by Crippen LogP contribution is 2.25. The molecule has 1 heterocycles. The third-order valence-corrected chi connectivity index (χ3v) is 4.68. The van der Waals surface area contributed by atoms with Gasteiger partial charge in [0.05, 0.1) is 6.04 Å². The Morgan fingerprint density at radius 3 is 2.46 bits per heavy atom. The molecule has 4 nitrogen and oxygen atoms in total. The molecule has 1 saturated heterocycles. The average molecular weight is 327 g/mol. The van der Waals surface area contributed by atoms with Gasteiger partial charge in [-0.1, -0.05) is 42.5 Å². The van der Waals surface area contributed by atoms with E-state index in [1.54, 1.807) is 24.1 Å². The number of nitrogens with one attached hydrogen (secondary N) is 2. The van der Waals surface area contributed by atoms with E-state index in [1.165, 1.54) is 12.1 Å². The number of carbonyl (C=O) groups excluding carboxylic acids is 1. The molecule has 1 aliphatic rings. The smallest absolute Gasteiger partial charge is 0.241 e. The van der Waals surface area contributed by atoms with Crippen molar-refractivity contribution in [3.05, 3.63) is 71.5 Å². The largest absolute Gasteiger partial charge is 0.338 e. The van der Waals surface area contributed by atoms with Crippen LogP contribution in [0.1, 0.15) is 36.6 Å². The van der Waals surface area contributed by atoms with Crippen LogP contribution in [0.15, 0.2) is 54.6 Å². The molecule has 0 spiro atoms. The van der Waals surface area contributed by atoms with E-state index in [-0.39, 0.29) is 29.8 Å². The molecular weight excluding hydrogens is 305 g/mol. The first-order valence-corrected chi connectivity index (χ1v) is 8.14. The van der Waals surface area contributed by atoms with Gasteiger partial charge in [-0.3, -0.25) is 4.79 Å². The lowest BCUT2D eigenvalue weighted by atomic mass is 10.0. The molecule has 0 aromatic heterocycles. The molecule has 2 N–H and O–H groups in total. The molecule has 1 fully saturated rings. The van der Waals surface area contributed by atoms with Gasteiger partial charge in [0.15, 0.2) is 0 Å². The van der Waals surface area contributed by atoms with Gasteiger partial charge in [-0.05, 0) is 36.6 Å². The Balaban J connectivity index is 1.65. The van der Waals surface area contributed by atoms with E-state index in [2.05, 4.69) is 23.0 Å². The minimum Gasteiger partial charge on any atom is -0.338 e. The van der Waals surface area contributed by atoms with Gasteiger partial charge in [-0.25, -0.2) is 15.2 Å². The van der Waals surface area contributed by atoms with Crippen molar-refractivity contribution in [2.24, 2.45) is 0 Å². The molecule has 0 radical (unpaired) electrons. The molecular formula is C19H22FN3O.